The maximum absolute atomic E-state index is 13.0. The second kappa shape index (κ2) is 11.1. The summed E-state index contributed by atoms with van der Waals surface area (Å²) in [5.41, 5.74) is 1.17. The highest BCUT2D eigenvalue weighted by Crippen LogP contribution is 2.24. The number of hydrogen-bond acceptors (Lipinski definition) is 2. The van der Waals surface area contributed by atoms with Crippen molar-refractivity contribution in [2.45, 2.75) is 71.8 Å². The Kier molecular flexibility index (Phi) is 8.83. The van der Waals surface area contributed by atoms with Crippen molar-refractivity contribution in [1.82, 2.24) is 10.2 Å². The molecule has 1 aromatic carbocycles. The summed E-state index contributed by atoms with van der Waals surface area (Å²) in [6.07, 6.45) is 7.05. The minimum absolute atomic E-state index is 0.0397. The molecular weight excluding hydrogens is 336 g/mol. The lowest BCUT2D eigenvalue weighted by Gasteiger charge is -2.34. The number of unbranched alkanes of at least 4 members (excludes halogenated alkanes) is 2. The first-order valence-corrected chi connectivity index (χ1v) is 10.7. The summed E-state index contributed by atoms with van der Waals surface area (Å²) in [4.78, 5) is 27.4. The molecule has 1 heterocycles. The summed E-state index contributed by atoms with van der Waals surface area (Å²) in [6, 6.07) is 10.3. The molecule has 4 heteroatoms. The third-order valence-electron chi connectivity index (χ3n) is 5.75. The lowest BCUT2D eigenvalue weighted by atomic mass is 9.94. The van der Waals surface area contributed by atoms with Crippen LogP contribution in [0.15, 0.2) is 30.3 Å². The van der Waals surface area contributed by atoms with E-state index in [9.17, 15) is 9.59 Å². The highest BCUT2D eigenvalue weighted by molar-refractivity contribution is 5.82. The molecule has 1 aliphatic rings. The minimum atomic E-state index is -0.0934. The number of likely N-dealkylation sites (tertiary alicyclic amines) is 1. The van der Waals surface area contributed by atoms with E-state index in [1.807, 2.05) is 36.9 Å². The number of carbonyl (C=O) groups is 2. The van der Waals surface area contributed by atoms with Crippen LogP contribution in [0.25, 0.3) is 0 Å². The Morgan fingerprint density at radius 3 is 2.59 bits per heavy atom. The first-order chi connectivity index (χ1) is 13.1. The summed E-state index contributed by atoms with van der Waals surface area (Å²) >= 11 is 0. The van der Waals surface area contributed by atoms with Gasteiger partial charge in [0.25, 0.3) is 0 Å². The first-order valence-electron chi connectivity index (χ1n) is 10.7. The van der Waals surface area contributed by atoms with Crippen LogP contribution in [0.1, 0.15) is 77.3 Å². The van der Waals surface area contributed by atoms with Gasteiger partial charge in [-0.05, 0) is 31.2 Å². The van der Waals surface area contributed by atoms with E-state index in [2.05, 4.69) is 24.4 Å². The van der Waals surface area contributed by atoms with Gasteiger partial charge >= 0.3 is 0 Å². The van der Waals surface area contributed by atoms with E-state index in [0.717, 1.165) is 38.6 Å². The number of rotatable bonds is 9. The van der Waals surface area contributed by atoms with Gasteiger partial charge in [0.2, 0.25) is 11.8 Å². The van der Waals surface area contributed by atoms with Crippen LogP contribution in [0.5, 0.6) is 0 Å². The maximum atomic E-state index is 13.0. The SMILES string of the molecule is CCCCCC(NC(=O)C1CCCN(C(=O)C(C)CC)C1)c1ccccc1. The number of benzene rings is 1. The van der Waals surface area contributed by atoms with Gasteiger partial charge in [0, 0.05) is 19.0 Å². The van der Waals surface area contributed by atoms with Crippen LogP contribution in [0, 0.1) is 11.8 Å². The molecule has 1 fully saturated rings. The van der Waals surface area contributed by atoms with E-state index >= 15 is 0 Å². The molecule has 0 radical (unpaired) electrons. The number of nitrogens with zero attached hydrogens (tertiary/aromatic N) is 1. The highest BCUT2D eigenvalue weighted by Gasteiger charge is 2.30. The third-order valence-corrected chi connectivity index (χ3v) is 5.75. The Morgan fingerprint density at radius 2 is 1.93 bits per heavy atom. The molecule has 3 atom stereocenters. The molecule has 2 amide bonds. The molecule has 1 saturated heterocycles. The third kappa shape index (κ3) is 6.37. The molecule has 1 aromatic rings. The van der Waals surface area contributed by atoms with Gasteiger partial charge in [-0.25, -0.2) is 0 Å². The van der Waals surface area contributed by atoms with Gasteiger partial charge in [0.1, 0.15) is 0 Å². The molecule has 0 spiro atoms. The Hall–Kier alpha value is -1.84. The van der Waals surface area contributed by atoms with Crippen molar-refractivity contribution in [2.24, 2.45) is 11.8 Å². The lowest BCUT2D eigenvalue weighted by molar-refractivity contribution is -0.139. The van der Waals surface area contributed by atoms with Gasteiger partial charge in [-0.15, -0.1) is 0 Å². The van der Waals surface area contributed by atoms with E-state index in [4.69, 9.17) is 0 Å². The van der Waals surface area contributed by atoms with E-state index in [-0.39, 0.29) is 29.7 Å². The van der Waals surface area contributed by atoms with Crippen LogP contribution in [0.4, 0.5) is 0 Å². The zero-order valence-electron chi connectivity index (χ0n) is 17.2. The van der Waals surface area contributed by atoms with Crippen molar-refractivity contribution in [2.75, 3.05) is 13.1 Å². The van der Waals surface area contributed by atoms with Crippen LogP contribution in [0.3, 0.4) is 0 Å². The maximum Gasteiger partial charge on any atom is 0.225 e. The summed E-state index contributed by atoms with van der Waals surface area (Å²) in [7, 11) is 0. The Morgan fingerprint density at radius 1 is 1.19 bits per heavy atom. The van der Waals surface area contributed by atoms with Crippen LogP contribution in [-0.4, -0.2) is 29.8 Å². The first kappa shape index (κ1) is 21.5. The second-order valence-corrected chi connectivity index (χ2v) is 7.90. The van der Waals surface area contributed by atoms with Crippen LogP contribution < -0.4 is 5.32 Å². The second-order valence-electron chi connectivity index (χ2n) is 7.90. The molecule has 0 bridgehead atoms. The summed E-state index contributed by atoms with van der Waals surface area (Å²) in [5.74, 6) is 0.238. The fourth-order valence-electron chi connectivity index (χ4n) is 3.77. The normalized spacial score (nSPS) is 19.4. The van der Waals surface area contributed by atoms with E-state index < -0.39 is 0 Å². The number of piperidine rings is 1. The van der Waals surface area contributed by atoms with Crippen molar-refractivity contribution in [3.63, 3.8) is 0 Å². The number of amides is 2. The predicted octanol–water partition coefficient (Wildman–Crippen LogP) is 4.71. The fraction of sp³-hybridized carbons (Fsp3) is 0.652. The van der Waals surface area contributed by atoms with Gasteiger partial charge < -0.3 is 10.2 Å². The number of carbonyl (C=O) groups excluding carboxylic acids is 2. The molecule has 27 heavy (non-hydrogen) atoms. The number of hydrogen-bond donors (Lipinski definition) is 1. The zero-order chi connectivity index (χ0) is 19.6. The van der Waals surface area contributed by atoms with Crippen molar-refractivity contribution in [3.8, 4) is 0 Å². The van der Waals surface area contributed by atoms with Gasteiger partial charge in [0.15, 0.2) is 0 Å². The summed E-state index contributed by atoms with van der Waals surface area (Å²) < 4.78 is 0. The lowest BCUT2D eigenvalue weighted by Crippen LogP contribution is -2.47. The Balaban J connectivity index is 2.00. The molecule has 1 aliphatic heterocycles. The largest absolute Gasteiger partial charge is 0.349 e. The van der Waals surface area contributed by atoms with Gasteiger partial charge in [-0.3, -0.25) is 9.59 Å². The molecule has 0 aliphatic carbocycles. The Labute approximate surface area is 164 Å². The minimum Gasteiger partial charge on any atom is -0.349 e. The van der Waals surface area contributed by atoms with E-state index in [1.54, 1.807) is 0 Å². The smallest absolute Gasteiger partial charge is 0.225 e. The zero-order valence-corrected chi connectivity index (χ0v) is 17.2. The molecule has 0 saturated carbocycles. The van der Waals surface area contributed by atoms with E-state index in [0.29, 0.717) is 6.54 Å². The number of nitrogens with one attached hydrogen (secondary N) is 1. The highest BCUT2D eigenvalue weighted by atomic mass is 16.2. The van der Waals surface area contributed by atoms with Crippen molar-refractivity contribution in [3.05, 3.63) is 35.9 Å². The standard InChI is InChI=1S/C23H36N2O2/c1-4-6-8-15-21(19-12-9-7-10-13-19)24-22(26)20-14-11-16-25(17-20)23(27)18(3)5-2/h7,9-10,12-13,18,20-21H,4-6,8,11,14-17H2,1-3H3,(H,24,26). The average molecular weight is 373 g/mol. The van der Waals surface area contributed by atoms with Gasteiger partial charge in [-0.2, -0.15) is 0 Å². The van der Waals surface area contributed by atoms with Crippen molar-refractivity contribution < 1.29 is 9.59 Å². The topological polar surface area (TPSA) is 49.4 Å². The Bertz CT molecular complexity index is 587. The van der Waals surface area contributed by atoms with Crippen LogP contribution in [-0.2, 0) is 9.59 Å². The molecule has 150 valence electrons. The predicted molar refractivity (Wildman–Crippen MR) is 110 cm³/mol. The average Bonchev–Trinajstić information content (AvgIpc) is 2.72. The van der Waals surface area contributed by atoms with Crippen LogP contribution in [0.2, 0.25) is 0 Å². The van der Waals surface area contributed by atoms with E-state index in [1.165, 1.54) is 18.4 Å². The molecule has 3 unspecified atom stereocenters. The summed E-state index contributed by atoms with van der Waals surface area (Å²) in [5, 5.41) is 3.29. The quantitative estimate of drug-likeness (QED) is 0.638. The molecular formula is C23H36N2O2. The summed E-state index contributed by atoms with van der Waals surface area (Å²) in [6.45, 7) is 7.56. The monoisotopic (exact) mass is 372 g/mol. The van der Waals surface area contributed by atoms with Gasteiger partial charge in [-0.1, -0.05) is 70.4 Å². The van der Waals surface area contributed by atoms with Crippen LogP contribution >= 0.6 is 0 Å². The molecule has 1 N–H and O–H groups in total. The molecule has 4 nitrogen and oxygen atoms in total. The fourth-order valence-corrected chi connectivity index (χ4v) is 3.77. The van der Waals surface area contributed by atoms with Gasteiger partial charge in [0.05, 0.1) is 12.0 Å². The molecule has 0 aromatic heterocycles. The molecule has 2 rings (SSSR count). The van der Waals surface area contributed by atoms with Crippen molar-refractivity contribution >= 4 is 11.8 Å². The van der Waals surface area contributed by atoms with Crippen molar-refractivity contribution in [1.29, 1.82) is 0 Å².